The summed E-state index contributed by atoms with van der Waals surface area (Å²) in [5, 5.41) is 7.09. The van der Waals surface area contributed by atoms with Crippen molar-refractivity contribution in [1.29, 1.82) is 0 Å². The minimum absolute atomic E-state index is 0.437. The van der Waals surface area contributed by atoms with Crippen molar-refractivity contribution in [3.63, 3.8) is 0 Å². The Balaban J connectivity index is 2.72. The molecule has 2 nitrogen and oxygen atoms in total. The third-order valence-electron chi connectivity index (χ3n) is 2.78. The maximum Gasteiger partial charge on any atom is 0.110 e. The van der Waals surface area contributed by atoms with Gasteiger partial charge in [0.15, 0.2) is 0 Å². The lowest BCUT2D eigenvalue weighted by molar-refractivity contribution is 0.428. The zero-order valence-corrected chi connectivity index (χ0v) is 12.6. The van der Waals surface area contributed by atoms with Gasteiger partial charge in [0, 0.05) is 5.38 Å². The van der Waals surface area contributed by atoms with Crippen molar-refractivity contribution >= 4 is 11.3 Å². The quantitative estimate of drug-likeness (QED) is 0.782. The first-order valence-electron chi connectivity index (χ1n) is 6.73. The molecule has 0 radical (unpaired) electrons. The van der Waals surface area contributed by atoms with Crippen molar-refractivity contribution in [3.05, 3.63) is 16.1 Å². The normalized spacial score (nSPS) is 13.6. The molecular formula is C14H26N2S. The molecule has 98 valence electrons. The molecule has 0 aliphatic rings. The summed E-state index contributed by atoms with van der Waals surface area (Å²) >= 11 is 1.80. The molecule has 0 aliphatic carbocycles. The van der Waals surface area contributed by atoms with Crippen LogP contribution in [0.15, 0.2) is 5.38 Å². The third-order valence-corrected chi connectivity index (χ3v) is 3.75. The maximum absolute atomic E-state index is 4.77. The molecule has 1 aromatic rings. The van der Waals surface area contributed by atoms with Crippen LogP contribution in [0.25, 0.3) is 0 Å². The van der Waals surface area contributed by atoms with Gasteiger partial charge in [-0.3, -0.25) is 0 Å². The fraction of sp³-hybridized carbons (Fsp3) is 0.786. The molecule has 0 fully saturated rings. The molecule has 0 spiro atoms. The van der Waals surface area contributed by atoms with Gasteiger partial charge in [-0.05, 0) is 31.2 Å². The van der Waals surface area contributed by atoms with E-state index in [9.17, 15) is 0 Å². The standard InChI is InChI=1S/C14H26N2S/c1-6-7-15-12(8-10(2)3)14-16-13(9-17-14)11(4)5/h9-12,15H,6-8H2,1-5H3. The average Bonchev–Trinajstić information content (AvgIpc) is 2.72. The second-order valence-corrected chi connectivity index (χ2v) is 6.29. The average molecular weight is 254 g/mol. The largest absolute Gasteiger partial charge is 0.308 e. The topological polar surface area (TPSA) is 24.9 Å². The lowest BCUT2D eigenvalue weighted by atomic mass is 10.0. The van der Waals surface area contributed by atoms with Crippen LogP contribution in [0.4, 0.5) is 0 Å². The zero-order valence-electron chi connectivity index (χ0n) is 11.8. The summed E-state index contributed by atoms with van der Waals surface area (Å²) in [7, 11) is 0. The zero-order chi connectivity index (χ0) is 12.8. The summed E-state index contributed by atoms with van der Waals surface area (Å²) in [4.78, 5) is 4.77. The molecule has 17 heavy (non-hydrogen) atoms. The van der Waals surface area contributed by atoms with Crippen LogP contribution in [-0.2, 0) is 0 Å². The van der Waals surface area contributed by atoms with Gasteiger partial charge >= 0.3 is 0 Å². The van der Waals surface area contributed by atoms with E-state index >= 15 is 0 Å². The van der Waals surface area contributed by atoms with E-state index in [-0.39, 0.29) is 0 Å². The van der Waals surface area contributed by atoms with Crippen LogP contribution >= 0.6 is 11.3 Å². The molecule has 1 N–H and O–H groups in total. The molecule has 1 aromatic heterocycles. The molecular weight excluding hydrogens is 228 g/mol. The van der Waals surface area contributed by atoms with E-state index in [4.69, 9.17) is 4.98 Å². The number of rotatable bonds is 7. The molecule has 0 aromatic carbocycles. The number of nitrogens with zero attached hydrogens (tertiary/aromatic N) is 1. The Labute approximate surface area is 110 Å². The Morgan fingerprint density at radius 1 is 1.29 bits per heavy atom. The van der Waals surface area contributed by atoms with Gasteiger partial charge in [-0.1, -0.05) is 34.6 Å². The molecule has 3 heteroatoms. The lowest BCUT2D eigenvalue weighted by Crippen LogP contribution is -2.23. The van der Waals surface area contributed by atoms with Gasteiger partial charge in [0.1, 0.15) is 5.01 Å². The highest BCUT2D eigenvalue weighted by atomic mass is 32.1. The summed E-state index contributed by atoms with van der Waals surface area (Å²) < 4.78 is 0. The smallest absolute Gasteiger partial charge is 0.110 e. The van der Waals surface area contributed by atoms with Gasteiger partial charge in [0.25, 0.3) is 0 Å². The molecule has 0 saturated heterocycles. The highest BCUT2D eigenvalue weighted by Crippen LogP contribution is 2.26. The Hall–Kier alpha value is -0.410. The predicted octanol–water partition coefficient (Wildman–Crippen LogP) is 4.35. The van der Waals surface area contributed by atoms with E-state index in [1.54, 1.807) is 11.3 Å². The first-order valence-corrected chi connectivity index (χ1v) is 7.61. The van der Waals surface area contributed by atoms with Crippen LogP contribution < -0.4 is 5.32 Å². The van der Waals surface area contributed by atoms with E-state index in [1.807, 2.05) is 0 Å². The van der Waals surface area contributed by atoms with Crippen molar-refractivity contribution in [1.82, 2.24) is 10.3 Å². The summed E-state index contributed by atoms with van der Waals surface area (Å²) in [6.45, 7) is 12.2. The third kappa shape index (κ3) is 4.76. The Bertz CT molecular complexity index is 318. The highest BCUT2D eigenvalue weighted by molar-refractivity contribution is 7.09. The van der Waals surface area contributed by atoms with Crippen LogP contribution in [0.5, 0.6) is 0 Å². The first-order chi connectivity index (χ1) is 8.04. The van der Waals surface area contributed by atoms with Crippen molar-refractivity contribution < 1.29 is 0 Å². The fourth-order valence-corrected chi connectivity index (χ4v) is 2.86. The van der Waals surface area contributed by atoms with E-state index in [2.05, 4.69) is 45.3 Å². The predicted molar refractivity (Wildman–Crippen MR) is 76.7 cm³/mol. The lowest BCUT2D eigenvalue weighted by Gasteiger charge is -2.18. The minimum Gasteiger partial charge on any atom is -0.308 e. The van der Waals surface area contributed by atoms with Crippen LogP contribution in [0, 0.1) is 5.92 Å². The van der Waals surface area contributed by atoms with Crippen molar-refractivity contribution in [3.8, 4) is 0 Å². The highest BCUT2D eigenvalue weighted by Gasteiger charge is 2.17. The van der Waals surface area contributed by atoms with Crippen LogP contribution in [0.2, 0.25) is 0 Å². The maximum atomic E-state index is 4.77. The monoisotopic (exact) mass is 254 g/mol. The van der Waals surface area contributed by atoms with Gasteiger partial charge in [-0.25, -0.2) is 4.98 Å². The number of hydrogen-bond acceptors (Lipinski definition) is 3. The van der Waals surface area contributed by atoms with Crippen molar-refractivity contribution in [2.45, 2.75) is 59.4 Å². The van der Waals surface area contributed by atoms with Crippen LogP contribution in [-0.4, -0.2) is 11.5 Å². The summed E-state index contributed by atoms with van der Waals surface area (Å²) in [5.74, 6) is 1.24. The van der Waals surface area contributed by atoms with E-state index < -0.39 is 0 Å². The fourth-order valence-electron chi connectivity index (χ4n) is 1.79. The van der Waals surface area contributed by atoms with Gasteiger partial charge in [0.05, 0.1) is 11.7 Å². The number of hydrogen-bond donors (Lipinski definition) is 1. The van der Waals surface area contributed by atoms with E-state index in [1.165, 1.54) is 23.5 Å². The summed E-state index contributed by atoms with van der Waals surface area (Å²) in [6, 6.07) is 0.437. The Morgan fingerprint density at radius 3 is 2.47 bits per heavy atom. The second kappa shape index (κ2) is 7.12. The van der Waals surface area contributed by atoms with Crippen LogP contribution in [0.3, 0.4) is 0 Å². The molecule has 0 aliphatic heterocycles. The van der Waals surface area contributed by atoms with Gasteiger partial charge < -0.3 is 5.32 Å². The van der Waals surface area contributed by atoms with Crippen molar-refractivity contribution in [2.24, 2.45) is 5.92 Å². The van der Waals surface area contributed by atoms with Gasteiger partial charge in [-0.15, -0.1) is 11.3 Å². The Kier molecular flexibility index (Phi) is 6.14. The van der Waals surface area contributed by atoms with Crippen molar-refractivity contribution in [2.75, 3.05) is 6.54 Å². The molecule has 1 heterocycles. The SMILES string of the molecule is CCCNC(CC(C)C)c1nc(C(C)C)cs1. The summed E-state index contributed by atoms with van der Waals surface area (Å²) in [5.41, 5.74) is 1.23. The summed E-state index contributed by atoms with van der Waals surface area (Å²) in [6.07, 6.45) is 2.35. The number of thiazole rings is 1. The molecule has 0 saturated carbocycles. The molecule has 1 unspecified atom stereocenters. The molecule has 0 bridgehead atoms. The van der Waals surface area contributed by atoms with Gasteiger partial charge in [-0.2, -0.15) is 0 Å². The molecule has 1 rings (SSSR count). The van der Waals surface area contributed by atoms with E-state index in [0.29, 0.717) is 17.9 Å². The molecule has 0 amide bonds. The minimum atomic E-state index is 0.437. The van der Waals surface area contributed by atoms with Crippen LogP contribution in [0.1, 0.15) is 70.1 Å². The van der Waals surface area contributed by atoms with E-state index in [0.717, 1.165) is 6.54 Å². The molecule has 1 atom stereocenters. The Morgan fingerprint density at radius 2 is 2.00 bits per heavy atom. The number of aromatic nitrogens is 1. The second-order valence-electron chi connectivity index (χ2n) is 5.40. The first kappa shape index (κ1) is 14.7. The van der Waals surface area contributed by atoms with Gasteiger partial charge in [0.2, 0.25) is 0 Å². The number of nitrogens with one attached hydrogen (secondary N) is 1.